The molecular formula is C23H30N3O2+. The topological polar surface area (TPSA) is 60.9 Å². The van der Waals surface area contributed by atoms with Gasteiger partial charge in [0.15, 0.2) is 4.98 Å². The van der Waals surface area contributed by atoms with Crippen LogP contribution in [0.3, 0.4) is 0 Å². The van der Waals surface area contributed by atoms with Crippen molar-refractivity contribution in [3.63, 3.8) is 0 Å². The van der Waals surface area contributed by atoms with Gasteiger partial charge in [-0.15, -0.1) is 0 Å². The molecule has 0 spiro atoms. The highest BCUT2D eigenvalue weighted by Gasteiger charge is 2.37. The van der Waals surface area contributed by atoms with Crippen LogP contribution in [0.2, 0.25) is 0 Å². The Labute approximate surface area is 167 Å². The molecule has 0 saturated carbocycles. The average molecular weight is 381 g/mol. The molecule has 5 heteroatoms. The van der Waals surface area contributed by atoms with Gasteiger partial charge in [-0.2, -0.15) is 0 Å². The predicted molar refractivity (Wildman–Crippen MR) is 112 cm³/mol. The summed E-state index contributed by atoms with van der Waals surface area (Å²) in [7, 11) is 0. The lowest BCUT2D eigenvalue weighted by atomic mass is 10.0. The van der Waals surface area contributed by atoms with E-state index >= 15 is 0 Å². The second-order valence-electron chi connectivity index (χ2n) is 7.93. The average Bonchev–Trinajstić information content (AvgIpc) is 2.66. The van der Waals surface area contributed by atoms with E-state index in [0.717, 1.165) is 11.1 Å². The van der Waals surface area contributed by atoms with E-state index in [0.29, 0.717) is 6.54 Å². The van der Waals surface area contributed by atoms with Crippen LogP contribution in [-0.2, 0) is 11.3 Å². The lowest BCUT2D eigenvalue weighted by Crippen LogP contribution is -2.36. The number of hydrogen-bond acceptors (Lipinski definition) is 4. The first kappa shape index (κ1) is 21.5. The fourth-order valence-corrected chi connectivity index (χ4v) is 3.13. The molecule has 0 saturated heterocycles. The molecule has 0 aliphatic carbocycles. The van der Waals surface area contributed by atoms with E-state index in [2.05, 4.69) is 41.1 Å². The maximum absolute atomic E-state index is 10.5. The fourth-order valence-electron chi connectivity index (χ4n) is 3.13. The van der Waals surface area contributed by atoms with Crippen LogP contribution in [0, 0.1) is 5.39 Å². The minimum absolute atomic E-state index is 0.0237. The molecular weight excluding hydrogens is 350 g/mol. The molecule has 0 radical (unpaired) electrons. The maximum atomic E-state index is 10.5. The number of aliphatic hydroxyl groups excluding tert-OH is 1. The number of aliphatic hydroxyl groups is 1. The number of hydrogen-bond donors (Lipinski definition) is 1. The molecule has 0 heterocycles. The zero-order chi connectivity index (χ0) is 20.7. The summed E-state index contributed by atoms with van der Waals surface area (Å²) >= 11 is 0. The molecule has 0 aliphatic rings. The molecule has 2 aromatic rings. The molecule has 2 rings (SSSR count). The summed E-state index contributed by atoms with van der Waals surface area (Å²) in [6.07, 6.45) is 0. The van der Waals surface area contributed by atoms with Crippen molar-refractivity contribution in [2.75, 3.05) is 0 Å². The van der Waals surface area contributed by atoms with Gasteiger partial charge in [-0.25, -0.2) is 0 Å². The molecule has 5 nitrogen and oxygen atoms in total. The Bertz CT molecular complexity index is 820. The molecule has 2 aromatic carbocycles. The van der Waals surface area contributed by atoms with Crippen LogP contribution < -0.4 is 0 Å². The van der Waals surface area contributed by atoms with Crippen LogP contribution in [0.15, 0.2) is 72.3 Å². The number of rotatable bonds is 7. The zero-order valence-electron chi connectivity index (χ0n) is 17.3. The lowest BCUT2D eigenvalue weighted by molar-refractivity contribution is -0.0197. The lowest BCUT2D eigenvalue weighted by Gasteiger charge is -2.32. The summed E-state index contributed by atoms with van der Waals surface area (Å²) in [5, 5.41) is 20.1. The predicted octanol–water partition coefficient (Wildman–Crippen LogP) is 6.03. The van der Waals surface area contributed by atoms with Crippen molar-refractivity contribution in [3.05, 3.63) is 88.4 Å². The van der Waals surface area contributed by atoms with E-state index in [9.17, 15) is 10.5 Å². The van der Waals surface area contributed by atoms with Crippen molar-refractivity contribution >= 4 is 0 Å². The summed E-state index contributed by atoms with van der Waals surface area (Å²) < 4.78 is 5.55. The third kappa shape index (κ3) is 5.83. The third-order valence-electron chi connectivity index (χ3n) is 4.61. The van der Waals surface area contributed by atoms with Gasteiger partial charge in [0.05, 0.1) is 0 Å². The number of nitrogens with zero attached hydrogens (tertiary/aromatic N) is 3. The van der Waals surface area contributed by atoms with Gasteiger partial charge >= 0.3 is 11.6 Å². The van der Waals surface area contributed by atoms with Crippen LogP contribution in [0.1, 0.15) is 51.8 Å². The van der Waals surface area contributed by atoms with Gasteiger partial charge in [0, 0.05) is 12.6 Å². The quantitative estimate of drug-likeness (QED) is 0.470. The largest absolute Gasteiger partial charge is 0.475 e. The van der Waals surface area contributed by atoms with Gasteiger partial charge in [0.1, 0.15) is 11.6 Å². The molecule has 0 unspecified atom stereocenters. The monoisotopic (exact) mass is 380 g/mol. The second-order valence-corrected chi connectivity index (χ2v) is 7.93. The van der Waals surface area contributed by atoms with Crippen LogP contribution in [0.25, 0.3) is 4.98 Å². The number of ether oxygens (including phenoxy) is 1. The molecule has 0 fully saturated rings. The minimum atomic E-state index is -0.602. The molecule has 1 N–H and O–H groups in total. The Hall–Kier alpha value is -2.84. The first-order valence-corrected chi connectivity index (χ1v) is 9.55. The van der Waals surface area contributed by atoms with Gasteiger partial charge in [0.2, 0.25) is 5.39 Å². The van der Waals surface area contributed by atoms with E-state index in [1.54, 1.807) is 0 Å². The van der Waals surface area contributed by atoms with Crippen LogP contribution in [-0.4, -0.2) is 21.6 Å². The molecule has 0 aromatic heterocycles. The van der Waals surface area contributed by atoms with Crippen molar-refractivity contribution in [1.29, 1.82) is 5.39 Å². The van der Waals surface area contributed by atoms with Gasteiger partial charge in [-0.3, -0.25) is 4.90 Å². The second kappa shape index (κ2) is 9.38. The summed E-state index contributed by atoms with van der Waals surface area (Å²) in [5.74, 6) is -0.360. The fraction of sp³-hybridized carbons (Fsp3) is 0.391. The van der Waals surface area contributed by atoms with Gasteiger partial charge in [-0.1, -0.05) is 60.7 Å². The van der Waals surface area contributed by atoms with E-state index < -0.39 is 5.60 Å². The Morgan fingerprint density at radius 2 is 1.57 bits per heavy atom. The molecule has 0 bridgehead atoms. The Morgan fingerprint density at radius 1 is 1.04 bits per heavy atom. The Balaban J connectivity index is 2.41. The zero-order valence-corrected chi connectivity index (χ0v) is 17.3. The summed E-state index contributed by atoms with van der Waals surface area (Å²) in [6, 6.07) is 19.9. The van der Waals surface area contributed by atoms with Crippen molar-refractivity contribution < 1.29 is 9.84 Å². The molecule has 148 valence electrons. The van der Waals surface area contributed by atoms with Crippen LogP contribution in [0.4, 0.5) is 0 Å². The molecule has 0 amide bonds. The summed E-state index contributed by atoms with van der Waals surface area (Å²) in [6.45, 7) is 10.1. The Morgan fingerprint density at radius 3 is 2.07 bits per heavy atom. The number of diazo groups is 1. The maximum Gasteiger partial charge on any atom is 0.457 e. The van der Waals surface area contributed by atoms with Gasteiger partial charge < -0.3 is 9.84 Å². The first-order valence-electron chi connectivity index (χ1n) is 9.55. The number of benzene rings is 2. The highest BCUT2D eigenvalue weighted by Crippen LogP contribution is 2.29. The van der Waals surface area contributed by atoms with Crippen molar-refractivity contribution in [3.8, 4) is 0 Å². The van der Waals surface area contributed by atoms with Crippen LogP contribution >= 0.6 is 0 Å². The third-order valence-corrected chi connectivity index (χ3v) is 4.61. The molecule has 2 atom stereocenters. The van der Waals surface area contributed by atoms with Crippen molar-refractivity contribution in [2.45, 2.75) is 58.8 Å². The van der Waals surface area contributed by atoms with Gasteiger partial charge in [0.25, 0.3) is 0 Å². The van der Waals surface area contributed by atoms with Crippen molar-refractivity contribution in [2.24, 2.45) is 0 Å². The Kier molecular flexibility index (Phi) is 7.19. The van der Waals surface area contributed by atoms with E-state index in [4.69, 9.17) is 4.74 Å². The first-order chi connectivity index (χ1) is 13.2. The van der Waals surface area contributed by atoms with Crippen molar-refractivity contribution in [1.82, 2.24) is 4.90 Å². The smallest absolute Gasteiger partial charge is 0.457 e. The standard InChI is InChI=1S/C23H29N3O2/c1-17(20-14-10-7-11-15-20)26(16-19-12-8-6-9-13-19)18(2)21(25-24)22(27)28-23(3,4)5/h6-15,17-18H,16H2,1-5H3/p+1/b22-21-/t17-,18-/m0/s1. The molecule has 0 aliphatic heterocycles. The summed E-state index contributed by atoms with van der Waals surface area (Å²) in [4.78, 5) is 5.54. The van der Waals surface area contributed by atoms with Crippen LogP contribution in [0.5, 0.6) is 0 Å². The van der Waals surface area contributed by atoms with E-state index in [1.165, 1.54) is 0 Å². The van der Waals surface area contributed by atoms with E-state index in [-0.39, 0.29) is 23.7 Å². The van der Waals surface area contributed by atoms with E-state index in [1.807, 2.05) is 64.1 Å². The van der Waals surface area contributed by atoms with Gasteiger partial charge in [-0.05, 0) is 45.7 Å². The molecule has 28 heavy (non-hydrogen) atoms. The summed E-state index contributed by atoms with van der Waals surface area (Å²) in [5.41, 5.74) is 1.77. The highest BCUT2D eigenvalue weighted by atomic mass is 16.6. The SMILES string of the molecule is C[C@@H](/C([N+]#N)=C(\O)OC(C)(C)C)N(Cc1ccccc1)[C@@H](C)c1ccccc1. The minimum Gasteiger partial charge on any atom is -0.475 e. The normalized spacial score (nSPS) is 14.8. The highest BCUT2D eigenvalue weighted by molar-refractivity contribution is 5.24.